The maximum atomic E-state index is 5.82. The van der Waals surface area contributed by atoms with E-state index in [9.17, 15) is 0 Å². The third-order valence-electron chi connectivity index (χ3n) is 5.22. The van der Waals surface area contributed by atoms with Gasteiger partial charge in [-0.25, -0.2) is 0 Å². The summed E-state index contributed by atoms with van der Waals surface area (Å²) in [4.78, 5) is 6.73. The van der Waals surface area contributed by atoms with Crippen molar-refractivity contribution in [1.82, 2.24) is 15.5 Å². The molecule has 0 amide bonds. The third-order valence-corrected chi connectivity index (χ3v) is 5.22. The molecule has 5 nitrogen and oxygen atoms in total. The van der Waals surface area contributed by atoms with E-state index in [1.165, 1.54) is 25.7 Å². The molecular formula is C16H33IN4O. The predicted molar refractivity (Wildman–Crippen MR) is 103 cm³/mol. The van der Waals surface area contributed by atoms with Gasteiger partial charge >= 0.3 is 0 Å². The van der Waals surface area contributed by atoms with E-state index < -0.39 is 0 Å². The van der Waals surface area contributed by atoms with Crippen molar-refractivity contribution < 1.29 is 4.74 Å². The molecule has 0 aromatic heterocycles. The number of halogens is 1. The first-order chi connectivity index (χ1) is 10.00. The van der Waals surface area contributed by atoms with E-state index in [-0.39, 0.29) is 35.1 Å². The average Bonchev–Trinajstić information content (AvgIpc) is 3.09. The van der Waals surface area contributed by atoms with Crippen LogP contribution in [0.1, 0.15) is 45.4 Å². The van der Waals surface area contributed by atoms with Gasteiger partial charge < -0.3 is 20.3 Å². The van der Waals surface area contributed by atoms with Crippen molar-refractivity contribution in [2.75, 3.05) is 40.8 Å². The average molecular weight is 424 g/mol. The zero-order valence-corrected chi connectivity index (χ0v) is 16.9. The molecule has 1 saturated heterocycles. The van der Waals surface area contributed by atoms with Crippen molar-refractivity contribution >= 4 is 29.9 Å². The molecule has 1 atom stereocenters. The molecule has 2 aliphatic rings. The lowest BCUT2D eigenvalue weighted by molar-refractivity contribution is 0.0242. The second-order valence-electron chi connectivity index (χ2n) is 7.01. The van der Waals surface area contributed by atoms with E-state index >= 15 is 0 Å². The maximum Gasteiger partial charge on any atom is 0.191 e. The Labute approximate surface area is 152 Å². The Kier molecular flexibility index (Phi) is 7.88. The first-order valence-corrected chi connectivity index (χ1v) is 8.26. The molecule has 0 radical (unpaired) electrons. The molecule has 0 bridgehead atoms. The predicted octanol–water partition coefficient (Wildman–Crippen LogP) is 2.21. The van der Waals surface area contributed by atoms with Gasteiger partial charge in [0.05, 0.1) is 5.60 Å². The van der Waals surface area contributed by atoms with Crippen LogP contribution >= 0.6 is 24.0 Å². The molecule has 22 heavy (non-hydrogen) atoms. The Hall–Kier alpha value is -0.0800. The van der Waals surface area contributed by atoms with Crippen LogP contribution in [0.15, 0.2) is 4.99 Å². The Bertz CT molecular complexity index is 361. The van der Waals surface area contributed by atoms with Crippen LogP contribution in [0, 0.1) is 0 Å². The quantitative estimate of drug-likeness (QED) is 0.404. The van der Waals surface area contributed by atoms with Gasteiger partial charge in [0, 0.05) is 32.3 Å². The van der Waals surface area contributed by atoms with Gasteiger partial charge in [0.1, 0.15) is 0 Å². The van der Waals surface area contributed by atoms with Crippen molar-refractivity contribution in [2.45, 2.75) is 56.6 Å². The summed E-state index contributed by atoms with van der Waals surface area (Å²) in [5.74, 6) is 0.889. The topological polar surface area (TPSA) is 48.9 Å². The lowest BCUT2D eigenvalue weighted by Gasteiger charge is -2.37. The molecule has 0 spiro atoms. The van der Waals surface area contributed by atoms with Gasteiger partial charge in [-0.2, -0.15) is 0 Å². The van der Waals surface area contributed by atoms with Crippen LogP contribution < -0.4 is 10.6 Å². The Morgan fingerprint density at radius 1 is 1.09 bits per heavy atom. The summed E-state index contributed by atoms with van der Waals surface area (Å²) < 4.78 is 5.82. The smallest absolute Gasteiger partial charge is 0.191 e. The molecule has 130 valence electrons. The Morgan fingerprint density at radius 2 is 1.73 bits per heavy atom. The zero-order valence-electron chi connectivity index (χ0n) is 14.6. The second kappa shape index (κ2) is 8.68. The largest absolute Gasteiger partial charge is 0.373 e. The highest BCUT2D eigenvalue weighted by Crippen LogP contribution is 2.33. The van der Waals surface area contributed by atoms with Crippen molar-refractivity contribution in [3.05, 3.63) is 0 Å². The van der Waals surface area contributed by atoms with E-state index in [0.29, 0.717) is 0 Å². The minimum absolute atomic E-state index is 0. The van der Waals surface area contributed by atoms with Crippen LogP contribution in [0.25, 0.3) is 0 Å². The molecule has 0 aromatic rings. The van der Waals surface area contributed by atoms with E-state index in [1.807, 2.05) is 7.05 Å². The zero-order chi connectivity index (χ0) is 15.3. The molecule has 1 saturated carbocycles. The van der Waals surface area contributed by atoms with E-state index in [0.717, 1.165) is 38.5 Å². The summed E-state index contributed by atoms with van der Waals surface area (Å²) in [6.07, 6.45) is 7.48. The van der Waals surface area contributed by atoms with Crippen molar-refractivity contribution in [3.8, 4) is 0 Å². The lowest BCUT2D eigenvalue weighted by atomic mass is 9.96. The summed E-state index contributed by atoms with van der Waals surface area (Å²) >= 11 is 0. The Morgan fingerprint density at radius 3 is 2.23 bits per heavy atom. The summed E-state index contributed by atoms with van der Waals surface area (Å²) in [6, 6.07) is 0. The molecular weight excluding hydrogens is 391 g/mol. The van der Waals surface area contributed by atoms with E-state index in [2.05, 4.69) is 41.5 Å². The first-order valence-electron chi connectivity index (χ1n) is 8.26. The van der Waals surface area contributed by atoms with Crippen LogP contribution in [0.5, 0.6) is 0 Å². The van der Waals surface area contributed by atoms with E-state index in [4.69, 9.17) is 4.74 Å². The highest BCUT2D eigenvalue weighted by atomic mass is 127. The summed E-state index contributed by atoms with van der Waals surface area (Å²) in [7, 11) is 6.22. The Balaban J connectivity index is 0.00000242. The molecule has 1 aliphatic carbocycles. The molecule has 2 fully saturated rings. The maximum absolute atomic E-state index is 5.82. The molecule has 1 heterocycles. The number of aliphatic imine (C=N–C) groups is 1. The minimum atomic E-state index is -0.0375. The van der Waals surface area contributed by atoms with Crippen molar-refractivity contribution in [1.29, 1.82) is 0 Å². The van der Waals surface area contributed by atoms with Crippen molar-refractivity contribution in [2.24, 2.45) is 4.99 Å². The molecule has 1 aliphatic heterocycles. The van der Waals surface area contributed by atoms with Gasteiger partial charge in [0.2, 0.25) is 0 Å². The standard InChI is InChI=1S/C16H32N4O.HI/c1-15(8-7-11-21-15)12-18-14(17-2)19-13-16(20(3)4)9-5-6-10-16;/h5-13H2,1-4H3,(H2,17,18,19);1H. The van der Waals surface area contributed by atoms with Crippen LogP contribution in [-0.4, -0.2) is 62.8 Å². The normalized spacial score (nSPS) is 27.8. The summed E-state index contributed by atoms with van der Waals surface area (Å²) in [6.45, 7) is 4.84. The fourth-order valence-electron chi connectivity index (χ4n) is 3.53. The third kappa shape index (κ3) is 4.96. The van der Waals surface area contributed by atoms with Gasteiger partial charge in [-0.05, 0) is 46.7 Å². The highest BCUT2D eigenvalue weighted by Gasteiger charge is 2.36. The minimum Gasteiger partial charge on any atom is -0.373 e. The molecule has 1 unspecified atom stereocenters. The SMILES string of the molecule is CN=C(NCC1(C)CCCO1)NCC1(N(C)C)CCCC1.I. The fraction of sp³-hybridized carbons (Fsp3) is 0.938. The monoisotopic (exact) mass is 424 g/mol. The first kappa shape index (κ1) is 20.0. The number of rotatable bonds is 5. The number of hydrogen-bond acceptors (Lipinski definition) is 3. The number of ether oxygens (including phenoxy) is 1. The van der Waals surface area contributed by atoms with Crippen LogP contribution in [0.2, 0.25) is 0 Å². The number of nitrogens with one attached hydrogen (secondary N) is 2. The number of hydrogen-bond donors (Lipinski definition) is 2. The van der Waals surface area contributed by atoms with Crippen LogP contribution in [0.4, 0.5) is 0 Å². The van der Waals surface area contributed by atoms with Gasteiger partial charge in [0.25, 0.3) is 0 Å². The van der Waals surface area contributed by atoms with Crippen LogP contribution in [-0.2, 0) is 4.74 Å². The summed E-state index contributed by atoms with van der Waals surface area (Å²) in [5.41, 5.74) is 0.246. The summed E-state index contributed by atoms with van der Waals surface area (Å²) in [5, 5.41) is 6.94. The number of likely N-dealkylation sites (N-methyl/N-ethyl adjacent to an activating group) is 1. The number of nitrogens with zero attached hydrogens (tertiary/aromatic N) is 2. The fourth-order valence-corrected chi connectivity index (χ4v) is 3.53. The van der Waals surface area contributed by atoms with Crippen LogP contribution in [0.3, 0.4) is 0 Å². The molecule has 0 aromatic carbocycles. The number of guanidine groups is 1. The van der Waals surface area contributed by atoms with Gasteiger partial charge in [-0.15, -0.1) is 24.0 Å². The second-order valence-corrected chi connectivity index (χ2v) is 7.01. The van der Waals surface area contributed by atoms with E-state index in [1.54, 1.807) is 0 Å². The van der Waals surface area contributed by atoms with Gasteiger partial charge in [-0.1, -0.05) is 12.8 Å². The lowest BCUT2D eigenvalue weighted by Crippen LogP contribution is -2.54. The van der Waals surface area contributed by atoms with Gasteiger partial charge in [0.15, 0.2) is 5.96 Å². The highest BCUT2D eigenvalue weighted by molar-refractivity contribution is 14.0. The molecule has 6 heteroatoms. The molecule has 2 rings (SSSR count). The van der Waals surface area contributed by atoms with Gasteiger partial charge in [-0.3, -0.25) is 4.99 Å². The van der Waals surface area contributed by atoms with Crippen molar-refractivity contribution in [3.63, 3.8) is 0 Å². The molecule has 2 N–H and O–H groups in total.